The number of anilines is 2. The zero-order valence-corrected chi connectivity index (χ0v) is 48.0. The van der Waals surface area contributed by atoms with Gasteiger partial charge in [-0.05, 0) is 169 Å². The van der Waals surface area contributed by atoms with Crippen LogP contribution in [-0.4, -0.2) is 61.7 Å². The van der Waals surface area contributed by atoms with Crippen LogP contribution in [0, 0.1) is 28.4 Å². The summed E-state index contributed by atoms with van der Waals surface area (Å²) < 4.78 is 5.87. The summed E-state index contributed by atoms with van der Waals surface area (Å²) in [6, 6.07) is 37.4. The molecule has 77 heavy (non-hydrogen) atoms. The second-order valence-corrected chi connectivity index (χ2v) is 19.2. The molecule has 22 nitrogen and oxygen atoms in total. The number of pyridine rings is 4. The van der Waals surface area contributed by atoms with Crippen LogP contribution in [0.5, 0.6) is 0 Å². The minimum absolute atomic E-state index is 0. The van der Waals surface area contributed by atoms with Crippen LogP contribution < -0.4 is 51.0 Å². The summed E-state index contributed by atoms with van der Waals surface area (Å²) in [7, 11) is 0. The van der Waals surface area contributed by atoms with Gasteiger partial charge in [0.1, 0.15) is 31.3 Å². The Balaban J connectivity index is 0.000000158. The van der Waals surface area contributed by atoms with Gasteiger partial charge in [0, 0.05) is 40.3 Å². The molecule has 2 amide bonds. The zero-order valence-electron chi connectivity index (χ0n) is 41.2. The molecule has 3 saturated carbocycles. The van der Waals surface area contributed by atoms with E-state index in [2.05, 4.69) is 115 Å². The van der Waals surface area contributed by atoms with Crippen molar-refractivity contribution in [2.75, 3.05) is 10.3 Å². The van der Waals surface area contributed by atoms with Crippen LogP contribution in [0.4, 0.5) is 17.5 Å². The first-order valence-electron chi connectivity index (χ1n) is 23.4. The van der Waals surface area contributed by atoms with Crippen molar-refractivity contribution in [3.8, 4) is 24.0 Å². The maximum atomic E-state index is 12.6. The molecule has 0 radical (unpaired) electrons. The van der Waals surface area contributed by atoms with Crippen molar-refractivity contribution in [3.63, 3.8) is 0 Å². The predicted octanol–water partition coefficient (Wildman–Crippen LogP) is 8.13. The van der Waals surface area contributed by atoms with Gasteiger partial charge in [-0.2, -0.15) is 9.36 Å². The summed E-state index contributed by atoms with van der Waals surface area (Å²) in [5, 5.41) is 31.3. The molecule has 386 valence electrons. The SMILES string of the molecule is Brc1cccc(-n2nncc2C2CC2)n1.C#CC1CC1.NNc1cccc(Br)n1.O=C1NCc2ccccc21.O=C1c2ccccc2CN1c1cccc(-n2nncc2C2CC2)n1.O=N[O-].[N-]=[N+]=Nc1cccc(Br)n1.[Na+]. The van der Waals surface area contributed by atoms with Crippen molar-refractivity contribution in [2.24, 2.45) is 22.2 Å². The smallest absolute Gasteiger partial charge is 0.444 e. The number of amides is 2. The number of terminal acetylenes is 1. The normalized spacial score (nSPS) is 13.8. The molecule has 3 fully saturated rings. The standard InChI is InChI=1S/C18H15N5O.C10H9BrN4.C8H7NO.C5H3BrN4.C5H6BrN3.C5H6.HNO2.Na/c24-18-14-5-2-1-4-13(14)11-22(18)16-6-3-7-17(20-16)23-15(10-19-21-23)12-8-9-12;11-9-2-1-3-10(13-9)15-8(6-12-14-15)7-4-5-7;10-8-7-4-2-1-3-6(7)5-9-8;6-4-2-1-3-5(8-4)9-10-7;6-4-2-1-3-5(8-4)9-7;1-2-5-3-4-5;2-1-3;/h1-7,10,12H,8-9,11H2;1-3,6-7H,4-5H2;1-4H,5H2,(H,9,10);1-3H;1-3H,7H2,(H,8,9);1,5H,3-4H2;(H,2,3);/q;;;;;;;+1/p-1. The third-order valence-corrected chi connectivity index (χ3v) is 12.6. The molecule has 8 aromatic rings. The van der Waals surface area contributed by atoms with Gasteiger partial charge in [-0.15, -0.1) is 27.9 Å². The van der Waals surface area contributed by atoms with E-state index in [-0.39, 0.29) is 41.4 Å². The Hall–Kier alpha value is -7.27. The fourth-order valence-electron chi connectivity index (χ4n) is 7.20. The van der Waals surface area contributed by atoms with E-state index in [1.165, 1.54) is 44.2 Å². The summed E-state index contributed by atoms with van der Waals surface area (Å²) in [6.07, 6.45) is 16.0. The van der Waals surface area contributed by atoms with Crippen LogP contribution in [0.25, 0.3) is 22.1 Å². The van der Waals surface area contributed by atoms with E-state index in [0.717, 1.165) is 48.3 Å². The van der Waals surface area contributed by atoms with Gasteiger partial charge in [0.15, 0.2) is 11.6 Å². The van der Waals surface area contributed by atoms with Crippen LogP contribution >= 0.6 is 47.8 Å². The molecule has 6 aromatic heterocycles. The predicted molar refractivity (Wildman–Crippen MR) is 296 cm³/mol. The molecule has 4 N–H and O–H groups in total. The first-order chi connectivity index (χ1) is 37.0. The number of nitrogen functional groups attached to an aromatic ring is 1. The van der Waals surface area contributed by atoms with Gasteiger partial charge < -0.3 is 20.9 Å². The maximum Gasteiger partial charge on any atom is 1.00 e. The molecule has 0 atom stereocenters. The summed E-state index contributed by atoms with van der Waals surface area (Å²) >= 11 is 9.69. The molecule has 5 aliphatic rings. The second kappa shape index (κ2) is 29.9. The number of benzene rings is 2. The topological polar surface area (TPSA) is 302 Å². The van der Waals surface area contributed by atoms with Crippen molar-refractivity contribution >= 4 is 77.1 Å². The van der Waals surface area contributed by atoms with Gasteiger partial charge in [0.25, 0.3) is 11.8 Å². The first kappa shape index (κ1) is 59.0. The van der Waals surface area contributed by atoms with Crippen molar-refractivity contribution in [3.05, 3.63) is 202 Å². The minimum atomic E-state index is -0.00347. The molecular weight excluding hydrogens is 1190 g/mol. The molecule has 8 heterocycles. The number of nitrogens with zero attached hydrogens (tertiary/aromatic N) is 15. The minimum Gasteiger partial charge on any atom is -0.444 e. The maximum absolute atomic E-state index is 12.6. The molecule has 0 bridgehead atoms. The fourth-order valence-corrected chi connectivity index (χ4v) is 8.21. The number of hydrazine groups is 1. The third kappa shape index (κ3) is 17.6. The number of aromatic nitrogens is 10. The molecule has 13 rings (SSSR count). The molecule has 0 unspecified atom stereocenters. The van der Waals surface area contributed by atoms with Crippen LogP contribution in [0.15, 0.2) is 158 Å². The Kier molecular flexibility index (Phi) is 22.9. The van der Waals surface area contributed by atoms with Crippen molar-refractivity contribution in [1.29, 1.82) is 0 Å². The van der Waals surface area contributed by atoms with E-state index in [1.54, 1.807) is 33.8 Å². The monoisotopic (exact) mass is 1230 g/mol. The molecule has 3 aliphatic carbocycles. The number of rotatable bonds is 7. The Morgan fingerprint density at radius 2 is 1.21 bits per heavy atom. The van der Waals surface area contributed by atoms with Crippen LogP contribution in [0.1, 0.15) is 93.6 Å². The molecular formula is C51H46Br3N18NaO4. The van der Waals surface area contributed by atoms with Gasteiger partial charge in [-0.25, -0.2) is 25.8 Å². The summed E-state index contributed by atoms with van der Waals surface area (Å²) in [5.74, 6) is 12.8. The number of fused-ring (bicyclic) bond motifs is 2. The van der Waals surface area contributed by atoms with E-state index in [4.69, 9.17) is 27.9 Å². The Bertz CT molecular complexity index is 3360. The number of carbonyl (C=O) groups excluding carboxylic acids is 2. The van der Waals surface area contributed by atoms with Gasteiger partial charge in [-0.1, -0.05) is 71.1 Å². The van der Waals surface area contributed by atoms with E-state index in [9.17, 15) is 9.59 Å². The van der Waals surface area contributed by atoms with Crippen LogP contribution in [0.2, 0.25) is 0 Å². The van der Waals surface area contributed by atoms with Crippen LogP contribution in [-0.2, 0) is 13.1 Å². The van der Waals surface area contributed by atoms with Gasteiger partial charge in [0.05, 0.1) is 30.3 Å². The number of hydrogen-bond donors (Lipinski definition) is 3. The number of hydrogen-bond acceptors (Lipinski definition) is 16. The van der Waals surface area contributed by atoms with Gasteiger partial charge in [0.2, 0.25) is 0 Å². The first-order valence-corrected chi connectivity index (χ1v) is 25.8. The van der Waals surface area contributed by atoms with E-state index in [0.29, 0.717) is 58.7 Å². The Morgan fingerprint density at radius 3 is 1.70 bits per heavy atom. The fraction of sp³-hybridized carbons (Fsp3) is 0.216. The number of halogens is 3. The van der Waals surface area contributed by atoms with Gasteiger partial charge >= 0.3 is 29.6 Å². The van der Waals surface area contributed by atoms with E-state index in [1.807, 2.05) is 114 Å². The van der Waals surface area contributed by atoms with E-state index < -0.39 is 0 Å². The molecule has 2 aliphatic heterocycles. The summed E-state index contributed by atoms with van der Waals surface area (Å²) in [4.78, 5) is 52.7. The van der Waals surface area contributed by atoms with E-state index >= 15 is 0 Å². The number of azide groups is 1. The van der Waals surface area contributed by atoms with Crippen molar-refractivity contribution in [2.45, 2.75) is 63.5 Å². The third-order valence-electron chi connectivity index (χ3n) is 11.3. The molecule has 0 saturated heterocycles. The Labute approximate surface area is 489 Å². The van der Waals surface area contributed by atoms with Crippen LogP contribution in [0.3, 0.4) is 0 Å². The zero-order chi connectivity index (χ0) is 53.8. The van der Waals surface area contributed by atoms with Crippen molar-refractivity contribution < 1.29 is 39.1 Å². The summed E-state index contributed by atoms with van der Waals surface area (Å²) in [5.41, 5.74) is 16.4. The molecule has 2 aromatic carbocycles. The quantitative estimate of drug-likeness (QED) is 0.0156. The molecule has 26 heteroatoms. The van der Waals surface area contributed by atoms with Gasteiger partial charge in [-0.3, -0.25) is 14.5 Å². The number of carbonyl (C=O) groups is 2. The Morgan fingerprint density at radius 1 is 0.688 bits per heavy atom. The summed E-state index contributed by atoms with van der Waals surface area (Å²) in [6.45, 7) is 1.24. The number of nitrogens with two attached hydrogens (primary N) is 1. The number of nitrogens with one attached hydrogen (secondary N) is 2. The largest absolute Gasteiger partial charge is 1.00 e. The molecule has 0 spiro atoms. The average molecular weight is 1240 g/mol. The van der Waals surface area contributed by atoms with Crippen molar-refractivity contribution in [1.82, 2.24) is 55.2 Å². The second-order valence-electron chi connectivity index (χ2n) is 16.8. The average Bonchev–Trinajstić information content (AvgIpc) is 4.47.